The molecule has 6 nitrogen and oxygen atoms in total. The molecule has 0 unspecified atom stereocenters. The molecule has 15 rings (SSSR count). The zero-order valence-corrected chi connectivity index (χ0v) is 44.7. The quantitative estimate of drug-likeness (QED) is 0.166. The summed E-state index contributed by atoms with van der Waals surface area (Å²) in [6.07, 6.45) is 12.2. The van der Waals surface area contributed by atoms with Crippen LogP contribution >= 0.6 is 0 Å². The maximum atomic E-state index is 7.46. The number of hydrogen-bond donors (Lipinski definition) is 1. The molecule has 0 saturated carbocycles. The Balaban J connectivity index is 0.000000946. The standard InChI is InChI=1S/C67H44N6.C4H8.C2H6/c68-67(72-61-29-15-10-23-51(61)56-41-45(33-37-64(56)72)43-31-35-62-54(39-43)49-21-8-13-27-59(49)70(62)47-17-3-1-4-18-47)53-25-7-12-26-58(53)69-73-65-30-16-11-24-52(65)57-42-46(34-38-66(57)73)44-32-36-63-55(40-44)50-22-9-14-28-60(50)71(63)48-19-5-2-6-20-48;1-3-4-2;1-2/h1-42H,68H2;3-4H,1-2H3;1-2H3/b67-53+,69-58+;4-3-;. The molecule has 4 aromatic heterocycles. The molecule has 0 saturated heterocycles. The zero-order chi connectivity index (χ0) is 53.6. The second-order valence-corrected chi connectivity index (χ2v) is 19.7. The number of para-hydroxylation sites is 6. The highest BCUT2D eigenvalue weighted by molar-refractivity contribution is 6.19. The minimum atomic E-state index is 0.612. The van der Waals surface area contributed by atoms with Gasteiger partial charge in [0.1, 0.15) is 5.82 Å². The van der Waals surface area contributed by atoms with Crippen molar-refractivity contribution in [1.29, 1.82) is 0 Å². The topological polar surface area (TPSA) is 58.1 Å². The van der Waals surface area contributed by atoms with Crippen molar-refractivity contribution in [3.8, 4) is 33.6 Å². The Labute approximate surface area is 459 Å². The molecule has 0 fully saturated rings. The number of aromatic nitrogens is 4. The van der Waals surface area contributed by atoms with E-state index in [1.54, 1.807) is 0 Å². The van der Waals surface area contributed by atoms with Gasteiger partial charge in [0, 0.05) is 60.0 Å². The smallest absolute Gasteiger partial charge is 0.118 e. The number of benzene rings is 10. The van der Waals surface area contributed by atoms with Crippen molar-refractivity contribution in [2.24, 2.45) is 10.8 Å². The van der Waals surface area contributed by atoms with Crippen LogP contribution in [0.15, 0.2) is 278 Å². The van der Waals surface area contributed by atoms with Crippen LogP contribution in [0.1, 0.15) is 27.7 Å². The van der Waals surface area contributed by atoms with Crippen LogP contribution in [0.4, 0.5) is 0 Å². The molecule has 0 bridgehead atoms. The number of allylic oxidation sites excluding steroid dienone is 7. The third kappa shape index (κ3) is 8.16. The van der Waals surface area contributed by atoms with Crippen molar-refractivity contribution < 1.29 is 0 Å². The monoisotopic (exact) mass is 1020 g/mol. The summed E-state index contributed by atoms with van der Waals surface area (Å²) in [7, 11) is 0. The Bertz CT molecular complexity index is 4810. The molecule has 10 aromatic carbocycles. The number of nitrogens with zero attached hydrogens (tertiary/aromatic N) is 5. The van der Waals surface area contributed by atoms with Crippen LogP contribution in [0.5, 0.6) is 0 Å². The van der Waals surface area contributed by atoms with E-state index in [1.165, 1.54) is 49.2 Å². The molecule has 0 amide bonds. The average molecular weight is 1020 g/mol. The van der Waals surface area contributed by atoms with Gasteiger partial charge in [-0.25, -0.2) is 4.68 Å². The molecule has 4 heterocycles. The summed E-state index contributed by atoms with van der Waals surface area (Å²) in [5.41, 5.74) is 24.9. The van der Waals surface area contributed by atoms with Gasteiger partial charge in [-0.1, -0.05) is 172 Å². The normalized spacial score (nSPS) is 13.6. The Kier molecular flexibility index (Phi) is 12.5. The highest BCUT2D eigenvalue weighted by Gasteiger charge is 2.21. The first-order valence-electron chi connectivity index (χ1n) is 27.3. The molecule has 0 spiro atoms. The van der Waals surface area contributed by atoms with E-state index in [1.807, 2.05) is 52.0 Å². The third-order valence-corrected chi connectivity index (χ3v) is 15.3. The molecule has 380 valence electrons. The minimum absolute atomic E-state index is 0.612. The molecular weight excluding hydrogens is 961 g/mol. The maximum Gasteiger partial charge on any atom is 0.118 e. The van der Waals surface area contributed by atoms with Crippen molar-refractivity contribution in [3.05, 3.63) is 273 Å². The first-order chi connectivity index (χ1) is 39.1. The lowest BCUT2D eigenvalue weighted by Gasteiger charge is -2.15. The predicted octanol–water partition coefficient (Wildman–Crippen LogP) is 19.2. The van der Waals surface area contributed by atoms with Gasteiger partial charge in [0.2, 0.25) is 0 Å². The second-order valence-electron chi connectivity index (χ2n) is 19.7. The molecule has 6 heteroatoms. The lowest BCUT2D eigenvalue weighted by atomic mass is 10.0. The summed E-state index contributed by atoms with van der Waals surface area (Å²) in [5.74, 6) is 0.612. The fourth-order valence-electron chi connectivity index (χ4n) is 11.7. The van der Waals surface area contributed by atoms with Crippen LogP contribution in [0.25, 0.3) is 127 Å². The largest absolute Gasteiger partial charge is 0.384 e. The predicted molar refractivity (Wildman–Crippen MR) is 339 cm³/mol. The average Bonchev–Trinajstić information content (AvgIpc) is 4.43. The van der Waals surface area contributed by atoms with E-state index >= 15 is 0 Å². The van der Waals surface area contributed by atoms with E-state index in [2.05, 4.69) is 261 Å². The van der Waals surface area contributed by atoms with Crippen LogP contribution in [0, 0.1) is 0 Å². The van der Waals surface area contributed by atoms with Gasteiger partial charge < -0.3 is 14.9 Å². The van der Waals surface area contributed by atoms with Crippen LogP contribution in [0.3, 0.4) is 0 Å². The Morgan fingerprint density at radius 1 is 0.354 bits per heavy atom. The van der Waals surface area contributed by atoms with E-state index in [0.717, 1.165) is 83.0 Å². The van der Waals surface area contributed by atoms with Crippen molar-refractivity contribution in [1.82, 2.24) is 18.4 Å². The lowest BCUT2D eigenvalue weighted by molar-refractivity contribution is 0.967. The highest BCUT2D eigenvalue weighted by atomic mass is 15.4. The molecule has 14 aromatic rings. The number of nitrogens with two attached hydrogens (primary N) is 1. The van der Waals surface area contributed by atoms with E-state index in [-0.39, 0.29) is 0 Å². The van der Waals surface area contributed by atoms with Crippen molar-refractivity contribution >= 4 is 98.8 Å². The molecule has 0 radical (unpaired) electrons. The van der Waals surface area contributed by atoms with Gasteiger partial charge >= 0.3 is 0 Å². The second kappa shape index (κ2) is 20.4. The third-order valence-electron chi connectivity index (χ3n) is 15.3. The van der Waals surface area contributed by atoms with Gasteiger partial charge in [0.15, 0.2) is 0 Å². The molecule has 79 heavy (non-hydrogen) atoms. The van der Waals surface area contributed by atoms with Gasteiger partial charge in [-0.05, 0) is 145 Å². The van der Waals surface area contributed by atoms with Crippen molar-refractivity contribution in [3.63, 3.8) is 0 Å². The molecule has 0 aliphatic heterocycles. The molecular formula is C73H58N6. The van der Waals surface area contributed by atoms with E-state index in [0.29, 0.717) is 5.82 Å². The van der Waals surface area contributed by atoms with E-state index < -0.39 is 0 Å². The lowest BCUT2D eigenvalue weighted by Crippen LogP contribution is -2.15. The molecule has 2 N–H and O–H groups in total. The summed E-state index contributed by atoms with van der Waals surface area (Å²) < 4.78 is 9.01. The van der Waals surface area contributed by atoms with Crippen molar-refractivity contribution in [2.45, 2.75) is 27.7 Å². The molecule has 1 aliphatic rings. The van der Waals surface area contributed by atoms with Crippen LogP contribution in [-0.4, -0.2) is 24.1 Å². The first-order valence-corrected chi connectivity index (χ1v) is 27.3. The highest BCUT2D eigenvalue weighted by Crippen LogP contribution is 2.41. The minimum Gasteiger partial charge on any atom is -0.384 e. The number of fused-ring (bicyclic) bond motifs is 12. The van der Waals surface area contributed by atoms with Gasteiger partial charge in [-0.15, -0.1) is 0 Å². The zero-order valence-electron chi connectivity index (χ0n) is 44.7. The Morgan fingerprint density at radius 2 is 0.684 bits per heavy atom. The van der Waals surface area contributed by atoms with Crippen LogP contribution in [-0.2, 0) is 0 Å². The van der Waals surface area contributed by atoms with Crippen molar-refractivity contribution in [2.75, 3.05) is 0 Å². The Hall–Kier alpha value is -10.2. The van der Waals surface area contributed by atoms with Gasteiger partial charge in [0.25, 0.3) is 0 Å². The maximum absolute atomic E-state index is 7.46. The number of rotatable bonds is 6. The first kappa shape index (κ1) is 48.5. The summed E-state index contributed by atoms with van der Waals surface area (Å²) in [5, 5.41) is 14.9. The summed E-state index contributed by atoms with van der Waals surface area (Å²) in [6.45, 7) is 8.00. The van der Waals surface area contributed by atoms with Gasteiger partial charge in [0.05, 0.1) is 49.8 Å². The van der Waals surface area contributed by atoms with E-state index in [9.17, 15) is 0 Å². The van der Waals surface area contributed by atoms with Crippen LogP contribution in [0.2, 0.25) is 0 Å². The fourth-order valence-corrected chi connectivity index (χ4v) is 11.7. The summed E-state index contributed by atoms with van der Waals surface area (Å²) >= 11 is 0. The van der Waals surface area contributed by atoms with Gasteiger partial charge in [-0.3, -0.25) is 4.57 Å². The SMILES string of the molecule is C/C=C\C.CC.N/C(=C1/C=CC=C/C1=N\n1c2ccccc2c2cc(-c3ccc4c(c3)c3ccccc3n4-c3ccccc3)ccc21)n1c2ccccc2c2cc(-c3ccc4c(c3)c3ccccc3n4-c3ccccc3)ccc21. The fraction of sp³-hybridized carbons (Fsp3) is 0.0548. The summed E-state index contributed by atoms with van der Waals surface area (Å²) in [4.78, 5) is 0. The molecule has 0 atom stereocenters. The number of hydrogen-bond acceptors (Lipinski definition) is 2. The Morgan fingerprint density at radius 3 is 1.18 bits per heavy atom. The van der Waals surface area contributed by atoms with E-state index in [4.69, 9.17) is 10.8 Å². The molecule has 1 aliphatic carbocycles. The summed E-state index contributed by atoms with van der Waals surface area (Å²) in [6, 6.07) is 83.0. The van der Waals surface area contributed by atoms with Crippen LogP contribution < -0.4 is 5.73 Å². The van der Waals surface area contributed by atoms with Gasteiger partial charge in [-0.2, -0.15) is 5.10 Å².